The van der Waals surface area contributed by atoms with E-state index in [1.165, 1.54) is 11.1 Å². The molecule has 1 fully saturated rings. The lowest BCUT2D eigenvalue weighted by Crippen LogP contribution is -2.47. The molecular formula is C18H29N3O2. The Morgan fingerprint density at radius 3 is 2.74 bits per heavy atom. The van der Waals surface area contributed by atoms with Gasteiger partial charge in [0.1, 0.15) is 0 Å². The summed E-state index contributed by atoms with van der Waals surface area (Å²) >= 11 is 0. The highest BCUT2D eigenvalue weighted by Gasteiger charge is 2.17. The molecule has 0 aromatic heterocycles. The van der Waals surface area contributed by atoms with E-state index in [0.717, 1.165) is 39.4 Å². The minimum Gasteiger partial charge on any atom is -0.379 e. The van der Waals surface area contributed by atoms with Gasteiger partial charge in [-0.25, -0.2) is 4.79 Å². The van der Waals surface area contributed by atoms with Crippen molar-refractivity contribution in [2.75, 3.05) is 39.4 Å². The first-order valence-electron chi connectivity index (χ1n) is 8.45. The SMILES string of the molecule is Cc1cccc(CN(CCN2CCOCC2)C(=O)NC(C)C)c1. The van der Waals surface area contributed by atoms with Gasteiger partial charge in [-0.1, -0.05) is 29.8 Å². The van der Waals surface area contributed by atoms with Crippen LogP contribution in [-0.2, 0) is 11.3 Å². The topological polar surface area (TPSA) is 44.8 Å². The van der Waals surface area contributed by atoms with Gasteiger partial charge in [-0.2, -0.15) is 0 Å². The molecule has 23 heavy (non-hydrogen) atoms. The van der Waals surface area contributed by atoms with E-state index in [-0.39, 0.29) is 12.1 Å². The molecule has 0 spiro atoms. The number of carbonyl (C=O) groups excluding carboxylic acids is 1. The number of amides is 2. The van der Waals surface area contributed by atoms with E-state index in [1.807, 2.05) is 24.8 Å². The zero-order valence-electron chi connectivity index (χ0n) is 14.5. The predicted molar refractivity (Wildman–Crippen MR) is 92.5 cm³/mol. The highest BCUT2D eigenvalue weighted by molar-refractivity contribution is 5.74. The van der Waals surface area contributed by atoms with Crippen LogP contribution < -0.4 is 5.32 Å². The monoisotopic (exact) mass is 319 g/mol. The van der Waals surface area contributed by atoms with Crippen LogP contribution in [0.3, 0.4) is 0 Å². The molecule has 128 valence electrons. The molecule has 0 bridgehead atoms. The van der Waals surface area contributed by atoms with Crippen LogP contribution >= 0.6 is 0 Å². The van der Waals surface area contributed by atoms with Gasteiger partial charge in [0.05, 0.1) is 13.2 Å². The number of aryl methyl sites for hydroxylation is 1. The lowest BCUT2D eigenvalue weighted by molar-refractivity contribution is 0.0346. The minimum atomic E-state index is 0.00904. The largest absolute Gasteiger partial charge is 0.379 e. The van der Waals surface area contributed by atoms with Gasteiger partial charge in [0.15, 0.2) is 0 Å². The average Bonchev–Trinajstić information content (AvgIpc) is 2.51. The predicted octanol–water partition coefficient (Wildman–Crippen LogP) is 2.25. The van der Waals surface area contributed by atoms with Crippen molar-refractivity contribution < 1.29 is 9.53 Å². The van der Waals surface area contributed by atoms with Gasteiger partial charge in [-0.15, -0.1) is 0 Å². The van der Waals surface area contributed by atoms with Crippen molar-refractivity contribution in [3.8, 4) is 0 Å². The first-order valence-corrected chi connectivity index (χ1v) is 8.45. The van der Waals surface area contributed by atoms with Crippen LogP contribution in [0.15, 0.2) is 24.3 Å². The minimum absolute atomic E-state index is 0.00904. The van der Waals surface area contributed by atoms with Gasteiger partial charge in [-0.05, 0) is 26.3 Å². The van der Waals surface area contributed by atoms with E-state index in [2.05, 4.69) is 35.3 Å². The second-order valence-corrected chi connectivity index (χ2v) is 6.47. The standard InChI is InChI=1S/C18H29N3O2/c1-15(2)19-18(22)21(8-7-20-9-11-23-12-10-20)14-17-6-4-5-16(3)13-17/h4-6,13,15H,7-12,14H2,1-3H3,(H,19,22). The van der Waals surface area contributed by atoms with Crippen molar-refractivity contribution in [2.24, 2.45) is 0 Å². The van der Waals surface area contributed by atoms with Gasteiger partial charge < -0.3 is 15.0 Å². The molecule has 1 aromatic rings. The number of nitrogens with zero attached hydrogens (tertiary/aromatic N) is 2. The molecule has 2 rings (SSSR count). The molecule has 1 N–H and O–H groups in total. The van der Waals surface area contributed by atoms with Gasteiger partial charge in [0, 0.05) is 38.8 Å². The third-order valence-electron chi connectivity index (χ3n) is 3.95. The Balaban J connectivity index is 1.97. The molecule has 1 heterocycles. The molecule has 0 aliphatic carbocycles. The number of hydrogen-bond donors (Lipinski definition) is 1. The number of rotatable bonds is 6. The lowest BCUT2D eigenvalue weighted by atomic mass is 10.1. The number of morpholine rings is 1. The molecule has 0 radical (unpaired) electrons. The van der Waals surface area contributed by atoms with Crippen molar-refractivity contribution in [2.45, 2.75) is 33.4 Å². The van der Waals surface area contributed by atoms with Crippen molar-refractivity contribution >= 4 is 6.03 Å². The quantitative estimate of drug-likeness (QED) is 0.875. The third-order valence-corrected chi connectivity index (χ3v) is 3.95. The molecule has 1 aromatic carbocycles. The van der Waals surface area contributed by atoms with Crippen LogP contribution in [0.4, 0.5) is 4.79 Å². The number of urea groups is 1. The van der Waals surface area contributed by atoms with Crippen LogP contribution in [0.25, 0.3) is 0 Å². The van der Waals surface area contributed by atoms with Crippen LogP contribution in [0.2, 0.25) is 0 Å². The second-order valence-electron chi connectivity index (χ2n) is 6.47. The lowest BCUT2D eigenvalue weighted by Gasteiger charge is -2.30. The van der Waals surface area contributed by atoms with Gasteiger partial charge in [-0.3, -0.25) is 4.90 Å². The van der Waals surface area contributed by atoms with Crippen molar-refractivity contribution in [1.82, 2.24) is 15.1 Å². The van der Waals surface area contributed by atoms with Crippen LogP contribution in [0.5, 0.6) is 0 Å². The van der Waals surface area contributed by atoms with E-state index >= 15 is 0 Å². The van der Waals surface area contributed by atoms with E-state index < -0.39 is 0 Å². The molecule has 1 aliphatic heterocycles. The fourth-order valence-electron chi connectivity index (χ4n) is 2.71. The van der Waals surface area contributed by atoms with Crippen LogP contribution in [-0.4, -0.2) is 61.3 Å². The maximum absolute atomic E-state index is 12.5. The molecule has 5 heteroatoms. The van der Waals surface area contributed by atoms with Crippen molar-refractivity contribution in [3.05, 3.63) is 35.4 Å². The highest BCUT2D eigenvalue weighted by Crippen LogP contribution is 2.09. The first kappa shape index (κ1) is 17.8. The van der Waals surface area contributed by atoms with E-state index in [0.29, 0.717) is 6.54 Å². The number of hydrogen-bond acceptors (Lipinski definition) is 3. The zero-order valence-corrected chi connectivity index (χ0v) is 14.5. The Hall–Kier alpha value is -1.59. The first-order chi connectivity index (χ1) is 11.0. The molecule has 5 nitrogen and oxygen atoms in total. The van der Waals surface area contributed by atoms with Gasteiger partial charge >= 0.3 is 6.03 Å². The summed E-state index contributed by atoms with van der Waals surface area (Å²) in [5.74, 6) is 0. The summed E-state index contributed by atoms with van der Waals surface area (Å²) in [4.78, 5) is 16.8. The number of carbonyl (C=O) groups is 1. The van der Waals surface area contributed by atoms with Crippen molar-refractivity contribution in [1.29, 1.82) is 0 Å². The summed E-state index contributed by atoms with van der Waals surface area (Å²) < 4.78 is 5.38. The summed E-state index contributed by atoms with van der Waals surface area (Å²) in [6, 6.07) is 8.50. The Morgan fingerprint density at radius 2 is 2.09 bits per heavy atom. The highest BCUT2D eigenvalue weighted by atomic mass is 16.5. The van der Waals surface area contributed by atoms with Gasteiger partial charge in [0.2, 0.25) is 0 Å². The molecular weight excluding hydrogens is 290 g/mol. The molecule has 0 saturated carbocycles. The summed E-state index contributed by atoms with van der Waals surface area (Å²) in [5, 5.41) is 3.01. The van der Waals surface area contributed by atoms with Crippen LogP contribution in [0, 0.1) is 6.92 Å². The molecule has 1 saturated heterocycles. The average molecular weight is 319 g/mol. The molecule has 0 unspecified atom stereocenters. The Morgan fingerprint density at radius 1 is 1.35 bits per heavy atom. The second kappa shape index (κ2) is 8.89. The summed E-state index contributed by atoms with van der Waals surface area (Å²) in [6.07, 6.45) is 0. The Kier molecular flexibility index (Phi) is 6.86. The van der Waals surface area contributed by atoms with Crippen LogP contribution in [0.1, 0.15) is 25.0 Å². The summed E-state index contributed by atoms with van der Waals surface area (Å²) in [6.45, 7) is 11.8. The normalized spacial score (nSPS) is 15.7. The zero-order chi connectivity index (χ0) is 16.7. The maximum atomic E-state index is 12.5. The smallest absolute Gasteiger partial charge is 0.317 e. The third kappa shape index (κ3) is 6.20. The van der Waals surface area contributed by atoms with E-state index in [1.54, 1.807) is 0 Å². The fourth-order valence-corrected chi connectivity index (χ4v) is 2.71. The molecule has 1 aliphatic rings. The summed E-state index contributed by atoms with van der Waals surface area (Å²) in [5.41, 5.74) is 2.39. The summed E-state index contributed by atoms with van der Waals surface area (Å²) in [7, 11) is 0. The molecule has 2 amide bonds. The number of benzene rings is 1. The van der Waals surface area contributed by atoms with Crippen molar-refractivity contribution in [3.63, 3.8) is 0 Å². The number of ether oxygens (including phenoxy) is 1. The number of nitrogens with one attached hydrogen (secondary N) is 1. The van der Waals surface area contributed by atoms with Gasteiger partial charge in [0.25, 0.3) is 0 Å². The maximum Gasteiger partial charge on any atom is 0.317 e. The van der Waals surface area contributed by atoms with E-state index in [4.69, 9.17) is 4.74 Å². The molecule has 0 atom stereocenters. The Labute approximate surface area is 139 Å². The Bertz CT molecular complexity index is 499. The fraction of sp³-hybridized carbons (Fsp3) is 0.611. The van der Waals surface area contributed by atoms with E-state index in [9.17, 15) is 4.79 Å².